The predicted molar refractivity (Wildman–Crippen MR) is 161 cm³/mol. The Labute approximate surface area is 271 Å². The van der Waals surface area contributed by atoms with Crippen molar-refractivity contribution in [2.24, 2.45) is 17.8 Å². The smallest absolute Gasteiger partial charge is 0.269 e. The number of imide groups is 2. The van der Waals surface area contributed by atoms with Crippen LogP contribution in [0.3, 0.4) is 0 Å². The van der Waals surface area contributed by atoms with E-state index in [2.05, 4.69) is 31.9 Å². The fourth-order valence-corrected chi connectivity index (χ4v) is 8.91. The zero-order valence-electron chi connectivity index (χ0n) is 22.1. The quantitative estimate of drug-likeness (QED) is 0.112. The molecular formula is C28H21Br2Cl2N3O8. The number of nitro groups is 1. The average molecular weight is 758 g/mol. The second kappa shape index (κ2) is 10.3. The molecule has 2 aromatic rings. The lowest BCUT2D eigenvalue weighted by molar-refractivity contribution is -0.384. The molecule has 1 saturated carbocycles. The molecule has 2 aliphatic heterocycles. The van der Waals surface area contributed by atoms with Crippen molar-refractivity contribution in [3.05, 3.63) is 68.2 Å². The second-order valence-corrected chi connectivity index (χ2v) is 13.4. The fourth-order valence-electron chi connectivity index (χ4n) is 7.02. The largest absolute Gasteiger partial charge is 0.503 e. The summed E-state index contributed by atoms with van der Waals surface area (Å²) in [4.78, 5) is 63.8. The van der Waals surface area contributed by atoms with Crippen molar-refractivity contribution < 1.29 is 33.9 Å². The number of phenols is 1. The second-order valence-electron chi connectivity index (χ2n) is 10.8. The molecule has 43 heavy (non-hydrogen) atoms. The van der Waals surface area contributed by atoms with Gasteiger partial charge in [0.05, 0.1) is 39.5 Å². The number of hydrogen-bond donors (Lipinski definition) is 1. The molecule has 6 unspecified atom stereocenters. The minimum atomic E-state index is -2.01. The van der Waals surface area contributed by atoms with Crippen LogP contribution >= 0.6 is 55.1 Å². The highest BCUT2D eigenvalue weighted by atomic mass is 79.9. The standard InChI is InChI=1S/C28H21Br2Cl2N3O8/c1-43-19-9-12(8-18(30)22(19)36)21-15-6-7-16-20(17(15)10-27(31)25(39)33(11-29)26(40)28(21,27)32)24(38)34(23(16)37)13-2-4-14(5-3-13)35(41)42/h2-6,8-9,16-17,20-21,36H,7,10-11H2,1H3. The number of aromatic hydroxyl groups is 1. The summed E-state index contributed by atoms with van der Waals surface area (Å²) in [7, 11) is 1.36. The Hall–Kier alpha value is -3.00. The number of phenolic OH excluding ortho intramolecular Hbond substituents is 1. The first kappa shape index (κ1) is 30.0. The number of methoxy groups -OCH3 is 1. The van der Waals surface area contributed by atoms with Gasteiger partial charge in [-0.1, -0.05) is 27.6 Å². The lowest BCUT2D eigenvalue weighted by atomic mass is 9.56. The SMILES string of the molecule is COc1cc(C2C3=CCC4C(=O)N(c5ccc([N+](=O)[O-])cc5)C(=O)C4C3CC3(Cl)C(=O)N(CBr)C(=O)C23Cl)cc(Br)c1O. The highest BCUT2D eigenvalue weighted by Crippen LogP contribution is 2.66. The third kappa shape index (κ3) is 3.97. The third-order valence-corrected chi connectivity index (χ3v) is 11.5. The van der Waals surface area contributed by atoms with E-state index in [0.29, 0.717) is 11.1 Å². The van der Waals surface area contributed by atoms with Gasteiger partial charge in [0.1, 0.15) is 0 Å². The fraction of sp³-hybridized carbons (Fsp3) is 0.357. The van der Waals surface area contributed by atoms with Gasteiger partial charge in [-0.05, 0) is 64.5 Å². The predicted octanol–water partition coefficient (Wildman–Crippen LogP) is 4.99. The summed E-state index contributed by atoms with van der Waals surface area (Å²) in [6, 6.07) is 8.15. The normalized spacial score (nSPS) is 31.5. The lowest BCUT2D eigenvalue weighted by Gasteiger charge is -2.50. The van der Waals surface area contributed by atoms with E-state index in [0.717, 1.165) is 9.80 Å². The number of halogens is 4. The van der Waals surface area contributed by atoms with E-state index in [1.807, 2.05) is 0 Å². The van der Waals surface area contributed by atoms with Crippen molar-refractivity contribution in [3.63, 3.8) is 0 Å². The first-order valence-corrected chi connectivity index (χ1v) is 15.7. The highest BCUT2D eigenvalue weighted by molar-refractivity contribution is 9.10. The number of rotatable bonds is 5. The van der Waals surface area contributed by atoms with Gasteiger partial charge < -0.3 is 9.84 Å². The summed E-state index contributed by atoms with van der Waals surface area (Å²) >= 11 is 20.9. The maximum absolute atomic E-state index is 14.0. The zero-order valence-corrected chi connectivity index (χ0v) is 26.8. The molecule has 11 nitrogen and oxygen atoms in total. The van der Waals surface area contributed by atoms with Gasteiger partial charge in [-0.3, -0.25) is 39.1 Å². The molecule has 0 radical (unpaired) electrons. The maximum Gasteiger partial charge on any atom is 0.269 e. The van der Waals surface area contributed by atoms with Gasteiger partial charge in [0.2, 0.25) is 11.8 Å². The number of ether oxygens (including phenoxy) is 1. The number of carbonyl (C=O) groups excluding carboxylic acids is 4. The van der Waals surface area contributed by atoms with Crippen molar-refractivity contribution in [1.82, 2.24) is 4.90 Å². The van der Waals surface area contributed by atoms with Crippen LogP contribution in [0.5, 0.6) is 11.5 Å². The van der Waals surface area contributed by atoms with E-state index in [-0.39, 0.29) is 45.6 Å². The van der Waals surface area contributed by atoms with Gasteiger partial charge in [-0.2, -0.15) is 0 Å². The van der Waals surface area contributed by atoms with E-state index >= 15 is 0 Å². The highest BCUT2D eigenvalue weighted by Gasteiger charge is 2.76. The Morgan fingerprint density at radius 3 is 2.37 bits per heavy atom. The van der Waals surface area contributed by atoms with Gasteiger partial charge in [0.15, 0.2) is 21.2 Å². The molecule has 0 bridgehead atoms. The number of fused-ring (bicyclic) bond motifs is 4. The lowest BCUT2D eigenvalue weighted by Crippen LogP contribution is -2.60. The number of anilines is 1. The van der Waals surface area contributed by atoms with Crippen molar-refractivity contribution >= 4 is 90.1 Å². The maximum atomic E-state index is 14.0. The van der Waals surface area contributed by atoms with Crippen molar-refractivity contribution in [3.8, 4) is 11.5 Å². The van der Waals surface area contributed by atoms with Crippen LogP contribution in [-0.4, -0.2) is 60.9 Å². The Kier molecular flexibility index (Phi) is 7.19. The summed E-state index contributed by atoms with van der Waals surface area (Å²) in [5.74, 6) is -6.13. The molecule has 4 amide bonds. The van der Waals surface area contributed by atoms with Crippen LogP contribution in [0.2, 0.25) is 0 Å². The molecule has 1 N–H and O–H groups in total. The number of hydrogen-bond acceptors (Lipinski definition) is 8. The molecule has 224 valence electrons. The molecule has 2 heterocycles. The van der Waals surface area contributed by atoms with E-state index in [1.165, 1.54) is 37.4 Å². The number of nitro benzene ring substituents is 1. The molecular weight excluding hydrogens is 737 g/mol. The van der Waals surface area contributed by atoms with E-state index in [9.17, 15) is 34.4 Å². The number of allylic oxidation sites excluding steroid dienone is 2. The van der Waals surface area contributed by atoms with Gasteiger partial charge in [0, 0.05) is 18.1 Å². The molecule has 2 aromatic carbocycles. The Bertz CT molecular complexity index is 1670. The monoisotopic (exact) mass is 755 g/mol. The van der Waals surface area contributed by atoms with Crippen LogP contribution in [-0.2, 0) is 19.2 Å². The molecule has 0 spiro atoms. The Morgan fingerprint density at radius 2 is 1.77 bits per heavy atom. The van der Waals surface area contributed by atoms with Crippen molar-refractivity contribution in [2.75, 3.05) is 17.5 Å². The van der Waals surface area contributed by atoms with Gasteiger partial charge in [0.25, 0.3) is 17.5 Å². The summed E-state index contributed by atoms with van der Waals surface area (Å²) in [5.41, 5.74) is 0.789. The molecule has 4 aliphatic rings. The Morgan fingerprint density at radius 1 is 1.09 bits per heavy atom. The number of amides is 4. The van der Waals surface area contributed by atoms with E-state index in [4.69, 9.17) is 27.9 Å². The third-order valence-electron chi connectivity index (χ3n) is 8.94. The van der Waals surface area contributed by atoms with Crippen LogP contribution in [0.25, 0.3) is 0 Å². The van der Waals surface area contributed by atoms with Crippen LogP contribution < -0.4 is 9.64 Å². The molecule has 15 heteroatoms. The van der Waals surface area contributed by atoms with E-state index in [1.54, 1.807) is 12.1 Å². The van der Waals surface area contributed by atoms with Gasteiger partial charge in [-0.25, -0.2) is 0 Å². The number of nitrogens with zero attached hydrogens (tertiary/aromatic N) is 3. The van der Waals surface area contributed by atoms with Crippen LogP contribution in [0.15, 0.2) is 52.5 Å². The summed E-state index contributed by atoms with van der Waals surface area (Å²) in [6.07, 6.45) is 1.73. The molecule has 6 rings (SSSR count). The number of benzene rings is 2. The Balaban J connectivity index is 1.51. The van der Waals surface area contributed by atoms with Crippen LogP contribution in [0.1, 0.15) is 24.3 Å². The molecule has 6 atom stereocenters. The molecule has 2 saturated heterocycles. The van der Waals surface area contributed by atoms with Crippen LogP contribution in [0, 0.1) is 27.9 Å². The summed E-state index contributed by atoms with van der Waals surface area (Å²) < 4.78 is 5.59. The first-order valence-electron chi connectivity index (χ1n) is 13.0. The van der Waals surface area contributed by atoms with Crippen LogP contribution in [0.4, 0.5) is 11.4 Å². The minimum Gasteiger partial charge on any atom is -0.503 e. The molecule has 3 fully saturated rings. The van der Waals surface area contributed by atoms with E-state index < -0.39 is 62.0 Å². The molecule has 2 aliphatic carbocycles. The zero-order chi connectivity index (χ0) is 31.2. The topological polar surface area (TPSA) is 147 Å². The summed E-state index contributed by atoms with van der Waals surface area (Å²) in [5, 5.41) is 21.6. The number of carbonyl (C=O) groups is 4. The first-order chi connectivity index (χ1) is 20.3. The van der Waals surface area contributed by atoms with Gasteiger partial charge in [-0.15, -0.1) is 23.2 Å². The number of likely N-dealkylation sites (tertiary alicyclic amines) is 1. The van der Waals surface area contributed by atoms with Gasteiger partial charge >= 0.3 is 0 Å². The average Bonchev–Trinajstić information content (AvgIpc) is 3.32. The molecule has 0 aromatic heterocycles. The number of alkyl halides is 3. The van der Waals surface area contributed by atoms with Crippen molar-refractivity contribution in [2.45, 2.75) is 28.5 Å². The minimum absolute atomic E-state index is 0.0758. The summed E-state index contributed by atoms with van der Waals surface area (Å²) in [6.45, 7) is 0. The van der Waals surface area contributed by atoms with Crippen molar-refractivity contribution in [1.29, 1.82) is 0 Å². The number of non-ortho nitro benzene ring substituents is 1.